The fourth-order valence-electron chi connectivity index (χ4n) is 4.12. The second-order valence-corrected chi connectivity index (χ2v) is 8.21. The highest BCUT2D eigenvalue weighted by Crippen LogP contribution is 2.35. The van der Waals surface area contributed by atoms with Crippen molar-refractivity contribution in [1.29, 1.82) is 0 Å². The van der Waals surface area contributed by atoms with E-state index in [1.165, 1.54) is 48.8 Å². The third-order valence-electron chi connectivity index (χ3n) is 6.08. The maximum Gasteiger partial charge on any atom is 0.251 e. The Morgan fingerprint density at radius 1 is 0.926 bits per heavy atom. The van der Waals surface area contributed by atoms with E-state index in [4.69, 9.17) is 0 Å². The lowest BCUT2D eigenvalue weighted by molar-refractivity contribution is 0.0951. The highest BCUT2D eigenvalue weighted by molar-refractivity contribution is 5.96. The molecule has 2 nitrogen and oxygen atoms in total. The van der Waals surface area contributed by atoms with Crippen LogP contribution < -0.4 is 5.32 Å². The van der Waals surface area contributed by atoms with Gasteiger partial charge in [0, 0.05) is 11.6 Å². The van der Waals surface area contributed by atoms with E-state index >= 15 is 0 Å². The lowest BCUT2D eigenvalue weighted by Crippen LogP contribution is -2.25. The van der Waals surface area contributed by atoms with Gasteiger partial charge in [0.1, 0.15) is 0 Å². The smallest absolute Gasteiger partial charge is 0.251 e. The number of carbonyl (C=O) groups excluding carboxylic acids is 1. The summed E-state index contributed by atoms with van der Waals surface area (Å²) >= 11 is 0. The Balaban J connectivity index is 1.54. The number of allylic oxidation sites excluding steroid dienone is 1. The zero-order chi connectivity index (χ0) is 18.8. The van der Waals surface area contributed by atoms with Crippen LogP contribution in [0.4, 0.5) is 0 Å². The monoisotopic (exact) mass is 359 g/mol. The number of benzene rings is 2. The predicted octanol–water partition coefficient (Wildman–Crippen LogP) is 6.15. The first-order chi connectivity index (χ1) is 13.1. The molecule has 2 heteroatoms. The molecule has 1 N–H and O–H groups in total. The van der Waals surface area contributed by atoms with Crippen molar-refractivity contribution in [2.75, 3.05) is 0 Å². The van der Waals surface area contributed by atoms with Crippen molar-refractivity contribution < 1.29 is 4.79 Å². The third kappa shape index (κ3) is 4.16. The van der Waals surface area contributed by atoms with Gasteiger partial charge in [0.2, 0.25) is 0 Å². The van der Waals surface area contributed by atoms with Crippen molar-refractivity contribution in [1.82, 2.24) is 5.32 Å². The van der Waals surface area contributed by atoms with Crippen LogP contribution in [0.3, 0.4) is 0 Å². The van der Waals surface area contributed by atoms with Crippen LogP contribution in [0, 0.1) is 12.8 Å². The van der Waals surface area contributed by atoms with Crippen molar-refractivity contribution in [3.8, 4) is 11.1 Å². The van der Waals surface area contributed by atoms with Crippen molar-refractivity contribution in [2.24, 2.45) is 5.92 Å². The molecule has 1 amide bonds. The van der Waals surface area contributed by atoms with Crippen LogP contribution in [0.5, 0.6) is 0 Å². The van der Waals surface area contributed by atoms with Crippen LogP contribution in [0.2, 0.25) is 0 Å². The number of rotatable bonds is 5. The Bertz CT molecular complexity index is 839. The molecule has 140 valence electrons. The van der Waals surface area contributed by atoms with E-state index in [0.29, 0.717) is 12.0 Å². The van der Waals surface area contributed by atoms with E-state index < -0.39 is 0 Å². The molecule has 2 aliphatic rings. The summed E-state index contributed by atoms with van der Waals surface area (Å²) < 4.78 is 0. The second kappa shape index (κ2) is 7.72. The molecular formula is C25H29NO. The maximum absolute atomic E-state index is 12.4. The lowest BCUT2D eigenvalue weighted by Gasteiger charge is -2.24. The van der Waals surface area contributed by atoms with Gasteiger partial charge < -0.3 is 5.32 Å². The molecule has 0 aromatic heterocycles. The Hall–Kier alpha value is -2.35. The van der Waals surface area contributed by atoms with Crippen LogP contribution in [-0.2, 0) is 0 Å². The molecule has 0 radical (unpaired) electrons. The summed E-state index contributed by atoms with van der Waals surface area (Å²) in [5.41, 5.74) is 6.78. The fourth-order valence-corrected chi connectivity index (χ4v) is 4.12. The molecule has 2 fully saturated rings. The first-order valence-corrected chi connectivity index (χ1v) is 10.3. The molecule has 4 rings (SSSR count). The number of amides is 1. The average molecular weight is 360 g/mol. The van der Waals surface area contributed by atoms with Crippen molar-refractivity contribution in [2.45, 2.75) is 57.9 Å². The van der Waals surface area contributed by atoms with Gasteiger partial charge in [-0.05, 0) is 78.5 Å². The highest BCUT2D eigenvalue weighted by atomic mass is 16.1. The third-order valence-corrected chi connectivity index (χ3v) is 6.08. The number of carbonyl (C=O) groups is 1. The molecule has 0 atom stereocenters. The van der Waals surface area contributed by atoms with Gasteiger partial charge in [-0.3, -0.25) is 4.79 Å². The summed E-state index contributed by atoms with van der Waals surface area (Å²) in [6.45, 7) is 6.49. The quantitative estimate of drug-likeness (QED) is 0.682. The predicted molar refractivity (Wildman–Crippen MR) is 113 cm³/mol. The van der Waals surface area contributed by atoms with E-state index in [1.54, 1.807) is 0 Å². The minimum Gasteiger partial charge on any atom is -0.349 e. The van der Waals surface area contributed by atoms with Gasteiger partial charge in [-0.1, -0.05) is 56.2 Å². The molecule has 0 heterocycles. The van der Waals surface area contributed by atoms with E-state index in [1.807, 2.05) is 18.2 Å². The van der Waals surface area contributed by atoms with Gasteiger partial charge in [-0.15, -0.1) is 0 Å². The molecule has 0 spiro atoms. The van der Waals surface area contributed by atoms with E-state index in [9.17, 15) is 4.79 Å². The summed E-state index contributed by atoms with van der Waals surface area (Å²) in [5.74, 6) is 0.682. The normalized spacial score (nSPS) is 17.5. The second-order valence-electron chi connectivity index (χ2n) is 8.21. The fraction of sp³-hybridized carbons (Fsp3) is 0.400. The Morgan fingerprint density at radius 2 is 1.59 bits per heavy atom. The molecule has 0 unspecified atom stereocenters. The van der Waals surface area contributed by atoms with Gasteiger partial charge >= 0.3 is 0 Å². The van der Waals surface area contributed by atoms with E-state index in [-0.39, 0.29) is 5.91 Å². The molecular weight excluding hydrogens is 330 g/mol. The summed E-state index contributed by atoms with van der Waals surface area (Å²) in [6, 6.07) is 15.1. The Kier molecular flexibility index (Phi) is 5.15. The van der Waals surface area contributed by atoms with Crippen molar-refractivity contribution >= 4 is 11.5 Å². The minimum atomic E-state index is 0.0426. The molecule has 2 aliphatic carbocycles. The molecule has 27 heavy (non-hydrogen) atoms. The molecule has 0 bridgehead atoms. The summed E-state index contributed by atoms with van der Waals surface area (Å²) in [7, 11) is 0. The Labute approximate surface area is 162 Å². The lowest BCUT2D eigenvalue weighted by atomic mass is 9.81. The van der Waals surface area contributed by atoms with Crippen LogP contribution >= 0.6 is 0 Å². The molecule has 0 saturated heterocycles. The average Bonchev–Trinajstić information content (AvgIpc) is 3.52. The van der Waals surface area contributed by atoms with Gasteiger partial charge in [-0.2, -0.15) is 0 Å². The van der Waals surface area contributed by atoms with E-state index in [2.05, 4.69) is 43.1 Å². The standard InChI is InChI=1S/C25H29NO/c1-17-8-9-22(25(27)26-23-14-15-23)16-24(17)21-12-10-20(11-13-21)18(2)19-6-4-3-5-7-19/h8-13,16,19,23H,2-7,14-15H2,1H3,(H,26,27). The highest BCUT2D eigenvalue weighted by Gasteiger charge is 2.24. The van der Waals surface area contributed by atoms with Gasteiger partial charge in [0.05, 0.1) is 0 Å². The van der Waals surface area contributed by atoms with Crippen molar-refractivity contribution in [3.05, 3.63) is 65.7 Å². The maximum atomic E-state index is 12.4. The van der Waals surface area contributed by atoms with Gasteiger partial charge in [0.25, 0.3) is 5.91 Å². The molecule has 2 aromatic rings. The summed E-state index contributed by atoms with van der Waals surface area (Å²) in [5, 5.41) is 3.08. The SMILES string of the molecule is C=C(c1ccc(-c2cc(C(=O)NC3CC3)ccc2C)cc1)C1CCCCC1. The largest absolute Gasteiger partial charge is 0.349 e. The first kappa shape index (κ1) is 18.0. The van der Waals surface area contributed by atoms with Crippen LogP contribution in [0.1, 0.15) is 66.4 Å². The topological polar surface area (TPSA) is 29.1 Å². The number of hydrogen-bond acceptors (Lipinski definition) is 1. The number of hydrogen-bond donors (Lipinski definition) is 1. The van der Waals surface area contributed by atoms with Crippen LogP contribution in [0.25, 0.3) is 16.7 Å². The number of aryl methyl sites for hydroxylation is 1. The summed E-state index contributed by atoms with van der Waals surface area (Å²) in [4.78, 5) is 12.4. The van der Waals surface area contributed by atoms with E-state index in [0.717, 1.165) is 29.5 Å². The molecule has 0 aliphatic heterocycles. The number of nitrogens with one attached hydrogen (secondary N) is 1. The zero-order valence-corrected chi connectivity index (χ0v) is 16.3. The minimum absolute atomic E-state index is 0.0426. The summed E-state index contributed by atoms with van der Waals surface area (Å²) in [6.07, 6.45) is 8.79. The first-order valence-electron chi connectivity index (χ1n) is 10.3. The molecule has 2 saturated carbocycles. The molecule has 2 aromatic carbocycles. The zero-order valence-electron chi connectivity index (χ0n) is 16.3. The Morgan fingerprint density at radius 3 is 2.26 bits per heavy atom. The van der Waals surface area contributed by atoms with Crippen LogP contribution in [0.15, 0.2) is 49.0 Å². The van der Waals surface area contributed by atoms with Gasteiger partial charge in [0.15, 0.2) is 0 Å². The van der Waals surface area contributed by atoms with Gasteiger partial charge in [-0.25, -0.2) is 0 Å². The van der Waals surface area contributed by atoms with Crippen molar-refractivity contribution in [3.63, 3.8) is 0 Å². The van der Waals surface area contributed by atoms with Crippen LogP contribution in [-0.4, -0.2) is 11.9 Å².